The number of nitrogens with zero attached hydrogens (tertiary/aromatic N) is 1. The van der Waals surface area contributed by atoms with Gasteiger partial charge in [-0.05, 0) is 35.9 Å². The Balaban J connectivity index is 2.30. The van der Waals surface area contributed by atoms with E-state index in [1.165, 1.54) is 19.2 Å². The van der Waals surface area contributed by atoms with Crippen LogP contribution in [0.2, 0.25) is 5.02 Å². The quantitative estimate of drug-likeness (QED) is 0.699. The van der Waals surface area contributed by atoms with Gasteiger partial charge in [0, 0.05) is 34.8 Å². The molecule has 0 aliphatic rings. The van der Waals surface area contributed by atoms with Crippen molar-refractivity contribution in [3.05, 3.63) is 64.9 Å². The van der Waals surface area contributed by atoms with Gasteiger partial charge in [-0.1, -0.05) is 23.7 Å². The van der Waals surface area contributed by atoms with Crippen LogP contribution in [0.5, 0.6) is 0 Å². The predicted molar refractivity (Wildman–Crippen MR) is 82.2 cm³/mol. The maximum atomic E-state index is 12.1. The van der Waals surface area contributed by atoms with Crippen LogP contribution in [0.15, 0.2) is 48.7 Å². The van der Waals surface area contributed by atoms with E-state index in [-0.39, 0.29) is 11.3 Å². The van der Waals surface area contributed by atoms with E-state index in [4.69, 9.17) is 11.6 Å². The third-order valence-corrected chi connectivity index (χ3v) is 3.74. The topological polar surface area (TPSA) is 61.6 Å². The number of hydrogen-bond acceptors (Lipinski definition) is 3. The molecular weight excluding hydrogens is 302 g/mol. The number of fused-ring (bicyclic) bond motifs is 1. The van der Waals surface area contributed by atoms with Crippen LogP contribution in [0.1, 0.15) is 27.8 Å². The molecule has 0 aliphatic heterocycles. The molecule has 0 fully saturated rings. The van der Waals surface area contributed by atoms with Gasteiger partial charge < -0.3 is 14.3 Å². The van der Waals surface area contributed by atoms with Crippen LogP contribution in [0.4, 0.5) is 0 Å². The maximum Gasteiger partial charge on any atom is 0.177 e. The monoisotopic (exact) mass is 312 g/mol. The van der Waals surface area contributed by atoms with Crippen molar-refractivity contribution >= 4 is 28.9 Å². The van der Waals surface area contributed by atoms with Crippen molar-refractivity contribution in [1.82, 2.24) is 4.40 Å². The Morgan fingerprint density at radius 1 is 1.09 bits per heavy atom. The molecule has 0 unspecified atom stereocenters. The molecule has 0 saturated heterocycles. The minimum absolute atomic E-state index is 0.0215. The zero-order valence-electron chi connectivity index (χ0n) is 11.7. The number of ketones is 1. The van der Waals surface area contributed by atoms with E-state index in [0.29, 0.717) is 10.7 Å². The van der Waals surface area contributed by atoms with Crippen molar-refractivity contribution in [1.29, 1.82) is 0 Å². The summed E-state index contributed by atoms with van der Waals surface area (Å²) in [5, 5.41) is 11.6. The lowest BCUT2D eigenvalue weighted by molar-refractivity contribution is -0.255. The number of carbonyl (C=O) groups is 2. The first-order valence-corrected chi connectivity index (χ1v) is 6.98. The van der Waals surface area contributed by atoms with Crippen LogP contribution in [0, 0.1) is 0 Å². The average molecular weight is 313 g/mol. The molecule has 2 heterocycles. The number of aromatic nitrogens is 1. The van der Waals surface area contributed by atoms with Gasteiger partial charge in [-0.2, -0.15) is 0 Å². The fourth-order valence-electron chi connectivity index (χ4n) is 2.50. The Hall–Kier alpha value is -2.59. The summed E-state index contributed by atoms with van der Waals surface area (Å²) in [4.78, 5) is 23.1. The first kappa shape index (κ1) is 14.4. The third kappa shape index (κ3) is 2.38. The van der Waals surface area contributed by atoms with Gasteiger partial charge in [0.2, 0.25) is 0 Å². The van der Waals surface area contributed by atoms with Gasteiger partial charge >= 0.3 is 0 Å². The molecule has 110 valence electrons. The summed E-state index contributed by atoms with van der Waals surface area (Å²) in [6, 6.07) is 12.1. The van der Waals surface area contributed by atoms with Gasteiger partial charge in [0.25, 0.3) is 0 Å². The van der Waals surface area contributed by atoms with Crippen LogP contribution in [-0.4, -0.2) is 16.2 Å². The molecule has 2 aromatic heterocycles. The molecule has 0 saturated carbocycles. The molecular formula is C17H11ClNO3-. The molecule has 0 aliphatic carbocycles. The lowest BCUT2D eigenvalue weighted by Gasteiger charge is -2.06. The van der Waals surface area contributed by atoms with Crippen molar-refractivity contribution in [2.45, 2.75) is 6.92 Å². The van der Waals surface area contributed by atoms with Gasteiger partial charge in [-0.25, -0.2) is 0 Å². The highest BCUT2D eigenvalue weighted by Crippen LogP contribution is 2.29. The van der Waals surface area contributed by atoms with Crippen molar-refractivity contribution in [2.75, 3.05) is 0 Å². The highest BCUT2D eigenvalue weighted by Gasteiger charge is 2.16. The second kappa shape index (κ2) is 5.31. The molecule has 0 radical (unpaired) electrons. The van der Waals surface area contributed by atoms with E-state index in [1.807, 2.05) is 18.2 Å². The fraction of sp³-hybridized carbons (Fsp3) is 0.0588. The first-order chi connectivity index (χ1) is 10.5. The summed E-state index contributed by atoms with van der Waals surface area (Å²) in [6.07, 6.45) is 1.40. The molecule has 0 spiro atoms. The smallest absolute Gasteiger partial charge is 0.177 e. The van der Waals surface area contributed by atoms with Crippen LogP contribution in [-0.2, 0) is 0 Å². The molecule has 5 heteroatoms. The van der Waals surface area contributed by atoms with Crippen LogP contribution < -0.4 is 5.11 Å². The summed E-state index contributed by atoms with van der Waals surface area (Å²) in [7, 11) is 0. The lowest BCUT2D eigenvalue weighted by Crippen LogP contribution is -2.22. The minimum atomic E-state index is -1.28. The highest BCUT2D eigenvalue weighted by atomic mass is 35.5. The third-order valence-electron chi connectivity index (χ3n) is 3.49. The van der Waals surface area contributed by atoms with Gasteiger partial charge in [0.05, 0.1) is 11.7 Å². The molecule has 0 N–H and O–H groups in total. The van der Waals surface area contributed by atoms with Crippen LogP contribution in [0.3, 0.4) is 0 Å². The summed E-state index contributed by atoms with van der Waals surface area (Å²) in [5.41, 5.74) is 2.77. The van der Waals surface area contributed by atoms with E-state index in [0.717, 1.165) is 16.6 Å². The molecule has 22 heavy (non-hydrogen) atoms. The average Bonchev–Trinajstić information content (AvgIpc) is 2.86. The molecule has 0 atom stereocenters. The van der Waals surface area contributed by atoms with E-state index in [9.17, 15) is 14.7 Å². The predicted octanol–water partition coefficient (Wildman–Crippen LogP) is 2.83. The lowest BCUT2D eigenvalue weighted by atomic mass is 10.0. The maximum absolute atomic E-state index is 12.1. The van der Waals surface area contributed by atoms with Crippen LogP contribution >= 0.6 is 11.6 Å². The number of carboxylic acid groups (broad SMARTS) is 1. The summed E-state index contributed by atoms with van der Waals surface area (Å²) >= 11 is 5.89. The Morgan fingerprint density at radius 2 is 1.77 bits per heavy atom. The molecule has 0 bridgehead atoms. The Bertz CT molecular complexity index is 894. The zero-order chi connectivity index (χ0) is 15.9. The number of Topliss-reactive ketones (excluding diaryl/α,β-unsaturated/α-hetero) is 1. The molecule has 3 aromatic rings. The Labute approximate surface area is 131 Å². The molecule has 4 nitrogen and oxygen atoms in total. The van der Waals surface area contributed by atoms with E-state index in [2.05, 4.69) is 0 Å². The first-order valence-electron chi connectivity index (χ1n) is 6.60. The standard InChI is InChI=1S/C17H12ClNO3/c1-10(20)16-15(11-2-5-13(18)6-3-11)8-14-7-4-12(17(21)22)9-19(14)16/h2-9H,1H3,(H,21,22)/p-1. The fourth-order valence-corrected chi connectivity index (χ4v) is 2.62. The van der Waals surface area contributed by atoms with Crippen molar-refractivity contribution in [3.63, 3.8) is 0 Å². The second-order valence-electron chi connectivity index (χ2n) is 4.97. The number of hydrogen-bond donors (Lipinski definition) is 0. The Kier molecular flexibility index (Phi) is 3.47. The van der Waals surface area contributed by atoms with Crippen molar-refractivity contribution in [3.8, 4) is 11.1 Å². The van der Waals surface area contributed by atoms with Gasteiger partial charge in [0.15, 0.2) is 5.78 Å². The van der Waals surface area contributed by atoms with Crippen molar-refractivity contribution in [2.24, 2.45) is 0 Å². The number of benzene rings is 1. The number of halogens is 1. The van der Waals surface area contributed by atoms with Gasteiger partial charge in [-0.15, -0.1) is 0 Å². The minimum Gasteiger partial charge on any atom is -0.545 e. The SMILES string of the molecule is CC(=O)c1c(-c2ccc(Cl)cc2)cc2ccc(C(=O)[O-])cn12. The molecule has 3 rings (SSSR count). The van der Waals surface area contributed by atoms with Gasteiger partial charge in [-0.3, -0.25) is 4.79 Å². The second-order valence-corrected chi connectivity index (χ2v) is 5.41. The van der Waals surface area contributed by atoms with E-state index in [1.54, 1.807) is 22.6 Å². The summed E-state index contributed by atoms with van der Waals surface area (Å²) in [6.45, 7) is 1.45. The number of carboxylic acids is 1. The van der Waals surface area contributed by atoms with Crippen LogP contribution in [0.25, 0.3) is 16.6 Å². The summed E-state index contributed by atoms with van der Waals surface area (Å²) in [5.74, 6) is -1.43. The van der Waals surface area contributed by atoms with Gasteiger partial charge in [0.1, 0.15) is 0 Å². The number of carbonyl (C=O) groups excluding carboxylic acids is 2. The highest BCUT2D eigenvalue weighted by molar-refractivity contribution is 6.30. The Morgan fingerprint density at radius 3 is 2.36 bits per heavy atom. The zero-order valence-corrected chi connectivity index (χ0v) is 12.4. The van der Waals surface area contributed by atoms with E-state index < -0.39 is 5.97 Å². The molecule has 0 amide bonds. The molecule has 1 aromatic carbocycles. The number of rotatable bonds is 3. The number of pyridine rings is 1. The normalized spacial score (nSPS) is 10.8. The summed E-state index contributed by atoms with van der Waals surface area (Å²) < 4.78 is 1.58. The largest absolute Gasteiger partial charge is 0.545 e. The van der Waals surface area contributed by atoms with E-state index >= 15 is 0 Å². The van der Waals surface area contributed by atoms with Crippen molar-refractivity contribution < 1.29 is 14.7 Å². The number of aromatic carboxylic acids is 1.